The number of benzene rings is 1. The summed E-state index contributed by atoms with van der Waals surface area (Å²) >= 11 is 0. The lowest BCUT2D eigenvalue weighted by Crippen LogP contribution is -2.39. The molecule has 2 aromatic rings. The van der Waals surface area contributed by atoms with E-state index >= 15 is 0 Å². The minimum absolute atomic E-state index is 0.0545. The summed E-state index contributed by atoms with van der Waals surface area (Å²) in [6.45, 7) is 7.04. The normalized spacial score (nSPS) is 14.0. The molecule has 0 N–H and O–H groups in total. The number of ether oxygens (including phenoxy) is 2. The predicted octanol–water partition coefficient (Wildman–Crippen LogP) is 3.58. The molecule has 1 aliphatic rings. The molecule has 0 spiro atoms. The van der Waals surface area contributed by atoms with E-state index in [2.05, 4.69) is 18.8 Å². The number of amides is 1. The van der Waals surface area contributed by atoms with Crippen molar-refractivity contribution in [2.75, 3.05) is 20.3 Å². The van der Waals surface area contributed by atoms with Gasteiger partial charge in [-0.1, -0.05) is 13.8 Å². The fourth-order valence-corrected chi connectivity index (χ4v) is 3.00. The van der Waals surface area contributed by atoms with Crippen molar-refractivity contribution in [3.8, 4) is 11.5 Å². The SMILES string of the molecule is COc1ccc2nc(C)cc(OCC(=O)N(CC(C)C)C3CC3)c2c1. The number of aryl methyl sites for hydroxylation is 1. The maximum absolute atomic E-state index is 12.6. The van der Waals surface area contributed by atoms with Crippen LogP contribution in [0, 0.1) is 12.8 Å². The van der Waals surface area contributed by atoms with Gasteiger partial charge in [-0.25, -0.2) is 0 Å². The Hall–Kier alpha value is -2.30. The van der Waals surface area contributed by atoms with E-state index in [1.165, 1.54) is 0 Å². The number of hydrogen-bond acceptors (Lipinski definition) is 4. The molecule has 1 aliphatic carbocycles. The van der Waals surface area contributed by atoms with Gasteiger partial charge in [-0.2, -0.15) is 0 Å². The molecule has 1 fully saturated rings. The quantitative estimate of drug-likeness (QED) is 0.772. The summed E-state index contributed by atoms with van der Waals surface area (Å²) in [5.74, 6) is 1.93. The Labute approximate surface area is 148 Å². The van der Waals surface area contributed by atoms with Crippen LogP contribution in [0.25, 0.3) is 10.9 Å². The molecule has 0 aliphatic heterocycles. The van der Waals surface area contributed by atoms with Crippen LogP contribution >= 0.6 is 0 Å². The van der Waals surface area contributed by atoms with Gasteiger partial charge in [-0.05, 0) is 43.9 Å². The Morgan fingerprint density at radius 3 is 2.72 bits per heavy atom. The molecule has 0 atom stereocenters. The van der Waals surface area contributed by atoms with Crippen LogP contribution in [0.15, 0.2) is 24.3 Å². The molecule has 1 aromatic carbocycles. The van der Waals surface area contributed by atoms with Gasteiger partial charge in [0.05, 0.1) is 12.6 Å². The lowest BCUT2D eigenvalue weighted by atomic mass is 10.1. The predicted molar refractivity (Wildman–Crippen MR) is 98.1 cm³/mol. The zero-order chi connectivity index (χ0) is 18.0. The standard InChI is InChI=1S/C20H26N2O3/c1-13(2)11-22(15-5-6-15)20(23)12-25-19-9-14(3)21-18-8-7-16(24-4)10-17(18)19/h7-10,13,15H,5-6,11-12H2,1-4H3. The van der Waals surface area contributed by atoms with Gasteiger partial charge in [0.15, 0.2) is 6.61 Å². The summed E-state index contributed by atoms with van der Waals surface area (Å²) in [6, 6.07) is 7.95. The number of aromatic nitrogens is 1. The maximum atomic E-state index is 12.6. The molecule has 0 saturated heterocycles. The number of carbonyl (C=O) groups is 1. The highest BCUT2D eigenvalue weighted by Crippen LogP contribution is 2.30. The van der Waals surface area contributed by atoms with Gasteiger partial charge >= 0.3 is 0 Å². The van der Waals surface area contributed by atoms with Crippen LogP contribution in [0.1, 0.15) is 32.4 Å². The van der Waals surface area contributed by atoms with Gasteiger partial charge in [0.2, 0.25) is 0 Å². The molecule has 0 unspecified atom stereocenters. The number of pyridine rings is 1. The first-order valence-electron chi connectivity index (χ1n) is 8.85. The first-order valence-corrected chi connectivity index (χ1v) is 8.85. The molecule has 134 valence electrons. The Morgan fingerprint density at radius 1 is 1.32 bits per heavy atom. The summed E-state index contributed by atoms with van der Waals surface area (Å²) in [5, 5.41) is 0.861. The molecule has 0 bridgehead atoms. The lowest BCUT2D eigenvalue weighted by Gasteiger charge is -2.24. The van der Waals surface area contributed by atoms with Crippen molar-refractivity contribution >= 4 is 16.8 Å². The number of nitrogens with zero attached hydrogens (tertiary/aromatic N) is 2. The van der Waals surface area contributed by atoms with E-state index in [1.807, 2.05) is 36.1 Å². The highest BCUT2D eigenvalue weighted by molar-refractivity contribution is 5.87. The van der Waals surface area contributed by atoms with Gasteiger partial charge in [-0.15, -0.1) is 0 Å². The van der Waals surface area contributed by atoms with Crippen LogP contribution < -0.4 is 9.47 Å². The van der Waals surface area contributed by atoms with Crippen LogP contribution in [-0.2, 0) is 4.79 Å². The van der Waals surface area contributed by atoms with Crippen LogP contribution in [-0.4, -0.2) is 42.1 Å². The molecular formula is C20H26N2O3. The smallest absolute Gasteiger partial charge is 0.260 e. The van der Waals surface area contributed by atoms with Gasteiger partial charge in [0.1, 0.15) is 11.5 Å². The fourth-order valence-electron chi connectivity index (χ4n) is 3.00. The third-order valence-electron chi connectivity index (χ3n) is 4.33. The number of fused-ring (bicyclic) bond motifs is 1. The average molecular weight is 342 g/mol. The van der Waals surface area contributed by atoms with Gasteiger partial charge in [0.25, 0.3) is 5.91 Å². The van der Waals surface area contributed by atoms with E-state index < -0.39 is 0 Å². The third-order valence-corrected chi connectivity index (χ3v) is 4.33. The number of methoxy groups -OCH3 is 1. The molecule has 1 amide bonds. The highest BCUT2D eigenvalue weighted by Gasteiger charge is 2.32. The summed E-state index contributed by atoms with van der Waals surface area (Å²) in [5.41, 5.74) is 1.70. The van der Waals surface area contributed by atoms with Crippen molar-refractivity contribution in [2.24, 2.45) is 5.92 Å². The summed E-state index contributed by atoms with van der Waals surface area (Å²) in [6.07, 6.45) is 2.21. The Kier molecular flexibility index (Phi) is 5.11. The molecule has 1 aromatic heterocycles. The van der Waals surface area contributed by atoms with Gasteiger partial charge < -0.3 is 14.4 Å². The van der Waals surface area contributed by atoms with Crippen molar-refractivity contribution in [1.29, 1.82) is 0 Å². The number of hydrogen-bond donors (Lipinski definition) is 0. The maximum Gasteiger partial charge on any atom is 0.260 e. The second kappa shape index (κ2) is 7.30. The molecular weight excluding hydrogens is 316 g/mol. The molecule has 25 heavy (non-hydrogen) atoms. The molecule has 3 rings (SSSR count). The Morgan fingerprint density at radius 2 is 2.08 bits per heavy atom. The van der Waals surface area contributed by atoms with E-state index in [4.69, 9.17) is 9.47 Å². The van der Waals surface area contributed by atoms with Crippen molar-refractivity contribution in [3.05, 3.63) is 30.0 Å². The largest absolute Gasteiger partial charge is 0.497 e. The highest BCUT2D eigenvalue weighted by atomic mass is 16.5. The van der Waals surface area contributed by atoms with Gasteiger partial charge in [-0.3, -0.25) is 9.78 Å². The minimum atomic E-state index is 0.0545. The van der Waals surface area contributed by atoms with Crippen molar-refractivity contribution in [1.82, 2.24) is 9.88 Å². The second-order valence-electron chi connectivity index (χ2n) is 7.10. The summed E-state index contributed by atoms with van der Waals surface area (Å²) < 4.78 is 11.2. The van der Waals surface area contributed by atoms with Crippen molar-refractivity contribution in [2.45, 2.75) is 39.7 Å². The first-order chi connectivity index (χ1) is 12.0. The van der Waals surface area contributed by atoms with E-state index in [0.717, 1.165) is 41.7 Å². The topological polar surface area (TPSA) is 51.7 Å². The van der Waals surface area contributed by atoms with Crippen LogP contribution in [0.3, 0.4) is 0 Å². The summed E-state index contributed by atoms with van der Waals surface area (Å²) in [7, 11) is 1.63. The van der Waals surface area contributed by atoms with Crippen molar-refractivity contribution in [3.63, 3.8) is 0 Å². The van der Waals surface area contributed by atoms with E-state index in [1.54, 1.807) is 7.11 Å². The summed E-state index contributed by atoms with van der Waals surface area (Å²) in [4.78, 5) is 19.1. The molecule has 5 heteroatoms. The number of rotatable bonds is 7. The van der Waals surface area contributed by atoms with Crippen LogP contribution in [0.4, 0.5) is 0 Å². The molecule has 5 nitrogen and oxygen atoms in total. The lowest BCUT2D eigenvalue weighted by molar-refractivity contribution is -0.134. The van der Waals surface area contributed by atoms with E-state index in [9.17, 15) is 4.79 Å². The average Bonchev–Trinajstić information content (AvgIpc) is 3.41. The molecule has 1 heterocycles. The monoisotopic (exact) mass is 342 g/mol. The third kappa shape index (κ3) is 4.21. The Balaban J connectivity index is 1.78. The first kappa shape index (κ1) is 17.5. The van der Waals surface area contributed by atoms with E-state index in [0.29, 0.717) is 17.7 Å². The minimum Gasteiger partial charge on any atom is -0.497 e. The van der Waals surface area contributed by atoms with E-state index in [-0.39, 0.29) is 12.5 Å². The van der Waals surface area contributed by atoms with Gasteiger partial charge in [0, 0.05) is 29.7 Å². The number of carbonyl (C=O) groups excluding carboxylic acids is 1. The zero-order valence-corrected chi connectivity index (χ0v) is 15.4. The Bertz CT molecular complexity index is 769. The molecule has 0 radical (unpaired) electrons. The van der Waals surface area contributed by atoms with Crippen molar-refractivity contribution < 1.29 is 14.3 Å². The van der Waals surface area contributed by atoms with Crippen LogP contribution in [0.5, 0.6) is 11.5 Å². The molecule has 1 saturated carbocycles. The second-order valence-corrected chi connectivity index (χ2v) is 7.10. The fraction of sp³-hybridized carbons (Fsp3) is 0.500. The van der Waals surface area contributed by atoms with Crippen LogP contribution in [0.2, 0.25) is 0 Å². The zero-order valence-electron chi connectivity index (χ0n) is 15.4.